The van der Waals surface area contributed by atoms with Crippen LogP contribution in [0, 0.1) is 11.3 Å². The molecule has 21 heavy (non-hydrogen) atoms. The molecule has 2 aromatic rings. The second-order valence-corrected chi connectivity index (χ2v) is 6.96. The van der Waals surface area contributed by atoms with Gasteiger partial charge in [0.25, 0.3) is 0 Å². The standard InChI is InChI=1S/C16H13BrN2OS/c17-11-5-6-14(20)10(7-11)9-19-16-13(8-18)12-3-1-2-4-15(12)21-16/h5-7,9,20H,1-4H2. The number of aromatic hydroxyl groups is 1. The van der Waals surface area contributed by atoms with Crippen LogP contribution in [-0.4, -0.2) is 11.3 Å². The topological polar surface area (TPSA) is 56.4 Å². The largest absolute Gasteiger partial charge is 0.507 e. The number of halogens is 1. The third-order valence-electron chi connectivity index (χ3n) is 3.57. The lowest BCUT2D eigenvalue weighted by molar-refractivity contribution is 0.474. The van der Waals surface area contributed by atoms with Gasteiger partial charge in [-0.15, -0.1) is 11.3 Å². The van der Waals surface area contributed by atoms with Crippen molar-refractivity contribution in [3.05, 3.63) is 44.2 Å². The van der Waals surface area contributed by atoms with Gasteiger partial charge in [-0.2, -0.15) is 5.26 Å². The number of fused-ring (bicyclic) bond motifs is 1. The smallest absolute Gasteiger partial charge is 0.134 e. The normalized spacial score (nSPS) is 14.1. The monoisotopic (exact) mass is 360 g/mol. The number of hydrogen-bond acceptors (Lipinski definition) is 4. The molecule has 1 N–H and O–H groups in total. The zero-order valence-electron chi connectivity index (χ0n) is 11.3. The molecular formula is C16H13BrN2OS. The average Bonchev–Trinajstić information content (AvgIpc) is 2.85. The summed E-state index contributed by atoms with van der Waals surface area (Å²) in [4.78, 5) is 5.74. The SMILES string of the molecule is N#Cc1c(N=Cc2cc(Br)ccc2O)sc2c1CCCC2. The van der Waals surface area contributed by atoms with Crippen LogP contribution in [0.2, 0.25) is 0 Å². The summed E-state index contributed by atoms with van der Waals surface area (Å²) in [7, 11) is 0. The Morgan fingerprint density at radius 1 is 1.33 bits per heavy atom. The summed E-state index contributed by atoms with van der Waals surface area (Å²) in [6.45, 7) is 0. The molecule has 0 amide bonds. The van der Waals surface area contributed by atoms with Gasteiger partial charge in [0.15, 0.2) is 0 Å². The third kappa shape index (κ3) is 2.87. The van der Waals surface area contributed by atoms with Crippen LogP contribution in [0.3, 0.4) is 0 Å². The Labute approximate surface area is 135 Å². The highest BCUT2D eigenvalue weighted by Gasteiger charge is 2.20. The van der Waals surface area contributed by atoms with E-state index in [1.165, 1.54) is 16.9 Å². The van der Waals surface area contributed by atoms with Crippen molar-refractivity contribution < 1.29 is 5.11 Å². The molecule has 0 unspecified atom stereocenters. The number of benzene rings is 1. The molecule has 5 heteroatoms. The predicted octanol–water partition coefficient (Wildman–Crippen LogP) is 4.72. The molecule has 1 aliphatic carbocycles. The second-order valence-electron chi connectivity index (χ2n) is 4.96. The van der Waals surface area contributed by atoms with E-state index < -0.39 is 0 Å². The van der Waals surface area contributed by atoms with Crippen molar-refractivity contribution in [3.8, 4) is 11.8 Å². The van der Waals surface area contributed by atoms with E-state index in [-0.39, 0.29) is 5.75 Å². The van der Waals surface area contributed by atoms with E-state index in [1.807, 2.05) is 0 Å². The molecule has 0 atom stereocenters. The lowest BCUT2D eigenvalue weighted by Crippen LogP contribution is -1.99. The Kier molecular flexibility index (Phi) is 4.09. The van der Waals surface area contributed by atoms with Gasteiger partial charge < -0.3 is 5.11 Å². The first-order chi connectivity index (χ1) is 10.2. The Morgan fingerprint density at radius 3 is 2.95 bits per heavy atom. The minimum absolute atomic E-state index is 0.182. The quantitative estimate of drug-likeness (QED) is 0.787. The van der Waals surface area contributed by atoms with E-state index in [2.05, 4.69) is 27.0 Å². The first-order valence-corrected chi connectivity index (χ1v) is 8.37. The second kappa shape index (κ2) is 6.00. The van der Waals surface area contributed by atoms with Crippen molar-refractivity contribution in [1.29, 1.82) is 5.26 Å². The van der Waals surface area contributed by atoms with Crippen LogP contribution >= 0.6 is 27.3 Å². The summed E-state index contributed by atoms with van der Waals surface area (Å²) < 4.78 is 0.882. The van der Waals surface area contributed by atoms with Crippen LogP contribution in [0.15, 0.2) is 27.7 Å². The number of nitriles is 1. The van der Waals surface area contributed by atoms with Gasteiger partial charge >= 0.3 is 0 Å². The van der Waals surface area contributed by atoms with Crippen molar-refractivity contribution >= 4 is 38.5 Å². The van der Waals surface area contributed by atoms with Gasteiger partial charge in [-0.25, -0.2) is 4.99 Å². The molecule has 1 aromatic heterocycles. The van der Waals surface area contributed by atoms with Gasteiger partial charge in [-0.1, -0.05) is 15.9 Å². The number of hydrogen-bond donors (Lipinski definition) is 1. The molecule has 0 bridgehead atoms. The Morgan fingerprint density at radius 2 is 2.14 bits per heavy atom. The van der Waals surface area contributed by atoms with Crippen molar-refractivity contribution in [2.45, 2.75) is 25.7 Å². The number of nitrogens with zero attached hydrogens (tertiary/aromatic N) is 2. The molecule has 0 fully saturated rings. The molecule has 3 rings (SSSR count). The molecule has 0 aliphatic heterocycles. The molecule has 0 saturated carbocycles. The van der Waals surface area contributed by atoms with Crippen molar-refractivity contribution in [3.63, 3.8) is 0 Å². The maximum absolute atomic E-state index is 9.83. The van der Waals surface area contributed by atoms with Gasteiger partial charge in [0, 0.05) is 21.1 Å². The molecular weight excluding hydrogens is 348 g/mol. The summed E-state index contributed by atoms with van der Waals surface area (Å²) in [6, 6.07) is 7.49. The minimum Gasteiger partial charge on any atom is -0.507 e. The highest BCUT2D eigenvalue weighted by molar-refractivity contribution is 9.10. The zero-order chi connectivity index (χ0) is 14.8. The zero-order valence-corrected chi connectivity index (χ0v) is 13.7. The average molecular weight is 361 g/mol. The third-order valence-corrected chi connectivity index (χ3v) is 5.27. The fraction of sp³-hybridized carbons (Fsp3) is 0.250. The molecule has 1 aliphatic rings. The lowest BCUT2D eigenvalue weighted by Gasteiger charge is -2.09. The molecule has 3 nitrogen and oxygen atoms in total. The molecule has 1 heterocycles. The van der Waals surface area contributed by atoms with Crippen LogP contribution < -0.4 is 0 Å². The maximum atomic E-state index is 9.83. The van der Waals surface area contributed by atoms with E-state index in [9.17, 15) is 10.4 Å². The van der Waals surface area contributed by atoms with Crippen LogP contribution in [-0.2, 0) is 12.8 Å². The summed E-state index contributed by atoms with van der Waals surface area (Å²) in [6.07, 6.45) is 5.98. The summed E-state index contributed by atoms with van der Waals surface area (Å²) in [5.41, 5.74) is 2.53. The molecule has 1 aromatic carbocycles. The molecule has 0 saturated heterocycles. The number of thiophene rings is 1. The maximum Gasteiger partial charge on any atom is 0.134 e. The predicted molar refractivity (Wildman–Crippen MR) is 88.7 cm³/mol. The number of rotatable bonds is 2. The lowest BCUT2D eigenvalue weighted by atomic mass is 9.96. The Bertz CT molecular complexity index is 758. The van der Waals surface area contributed by atoms with E-state index >= 15 is 0 Å². The van der Waals surface area contributed by atoms with Gasteiger partial charge in [0.2, 0.25) is 0 Å². The van der Waals surface area contributed by atoms with Gasteiger partial charge in [-0.3, -0.25) is 0 Å². The van der Waals surface area contributed by atoms with Crippen molar-refractivity contribution in [1.82, 2.24) is 0 Å². The number of aryl methyl sites for hydroxylation is 1. The van der Waals surface area contributed by atoms with Gasteiger partial charge in [0.05, 0.1) is 5.56 Å². The number of phenols is 1. The summed E-state index contributed by atoms with van der Waals surface area (Å²) >= 11 is 4.98. The minimum atomic E-state index is 0.182. The van der Waals surface area contributed by atoms with Gasteiger partial charge in [-0.05, 0) is 49.4 Å². The highest BCUT2D eigenvalue weighted by Crippen LogP contribution is 2.39. The fourth-order valence-corrected chi connectivity index (χ4v) is 4.08. The molecule has 0 radical (unpaired) electrons. The van der Waals surface area contributed by atoms with E-state index in [1.54, 1.807) is 35.8 Å². The van der Waals surface area contributed by atoms with E-state index in [0.717, 1.165) is 28.7 Å². The van der Waals surface area contributed by atoms with Crippen molar-refractivity contribution in [2.75, 3.05) is 0 Å². The molecule has 0 spiro atoms. The van der Waals surface area contributed by atoms with Crippen LogP contribution in [0.5, 0.6) is 5.75 Å². The van der Waals surface area contributed by atoms with Crippen molar-refractivity contribution in [2.24, 2.45) is 4.99 Å². The Balaban J connectivity index is 1.98. The first-order valence-electron chi connectivity index (χ1n) is 6.76. The summed E-state index contributed by atoms with van der Waals surface area (Å²) in [5, 5.41) is 20.0. The van der Waals surface area contributed by atoms with Crippen LogP contribution in [0.25, 0.3) is 0 Å². The first kappa shape index (κ1) is 14.3. The summed E-state index contributed by atoms with van der Waals surface area (Å²) in [5.74, 6) is 0.182. The fourth-order valence-electron chi connectivity index (χ4n) is 2.51. The van der Waals surface area contributed by atoms with E-state index in [0.29, 0.717) is 11.1 Å². The van der Waals surface area contributed by atoms with Crippen LogP contribution in [0.4, 0.5) is 5.00 Å². The number of phenolic OH excluding ortho intramolecular Hbond substituents is 1. The molecule has 106 valence electrons. The Hall–Kier alpha value is -1.64. The highest BCUT2D eigenvalue weighted by atomic mass is 79.9. The number of aliphatic imine (C=N–C) groups is 1. The van der Waals surface area contributed by atoms with Gasteiger partial charge in [0.1, 0.15) is 16.8 Å². The van der Waals surface area contributed by atoms with E-state index in [4.69, 9.17) is 0 Å². The van der Waals surface area contributed by atoms with Crippen LogP contribution in [0.1, 0.15) is 34.4 Å².